The van der Waals surface area contributed by atoms with Crippen LogP contribution in [0.4, 0.5) is 11.4 Å². The quantitative estimate of drug-likeness (QED) is 0.458. The number of esters is 1. The maximum atomic E-state index is 12.5. The van der Waals surface area contributed by atoms with Crippen LogP contribution >= 0.6 is 0 Å². The molecule has 0 spiro atoms. The van der Waals surface area contributed by atoms with Gasteiger partial charge in [0.25, 0.3) is 0 Å². The van der Waals surface area contributed by atoms with Crippen LogP contribution in [0.3, 0.4) is 0 Å². The maximum Gasteiger partial charge on any atom is 0.362 e. The number of nitrogens with one attached hydrogen (secondary N) is 2. The number of rotatable bonds is 6. The van der Waals surface area contributed by atoms with Gasteiger partial charge in [-0.3, -0.25) is 9.59 Å². The first-order valence-electron chi connectivity index (χ1n) is 9.36. The number of para-hydroxylation sites is 1. The van der Waals surface area contributed by atoms with E-state index in [0.717, 1.165) is 25.7 Å². The first kappa shape index (κ1) is 18.9. The van der Waals surface area contributed by atoms with Crippen LogP contribution in [0.5, 0.6) is 0 Å². The number of carbonyl (C=O) groups excluding carboxylic acids is 2. The molecule has 2 N–H and O–H groups in total. The Balaban J connectivity index is 1.93. The van der Waals surface area contributed by atoms with Gasteiger partial charge in [-0.15, -0.1) is 0 Å². The summed E-state index contributed by atoms with van der Waals surface area (Å²) >= 11 is 0. The zero-order valence-corrected chi connectivity index (χ0v) is 15.4. The Morgan fingerprint density at radius 2 is 1.89 bits per heavy atom. The van der Waals surface area contributed by atoms with Crippen molar-refractivity contribution in [2.45, 2.75) is 51.5 Å². The van der Waals surface area contributed by atoms with Gasteiger partial charge in [-0.2, -0.15) is 0 Å². The lowest BCUT2D eigenvalue weighted by Crippen LogP contribution is -2.27. The van der Waals surface area contributed by atoms with E-state index in [1.165, 1.54) is 6.42 Å². The van der Waals surface area contributed by atoms with E-state index in [0.29, 0.717) is 16.7 Å². The van der Waals surface area contributed by atoms with Gasteiger partial charge in [0.05, 0.1) is 12.3 Å². The van der Waals surface area contributed by atoms with Crippen LogP contribution in [0, 0.1) is 0 Å². The van der Waals surface area contributed by atoms with Crippen molar-refractivity contribution in [1.29, 1.82) is 0 Å². The summed E-state index contributed by atoms with van der Waals surface area (Å²) in [5, 5.41) is 6.68. The molecule has 1 saturated carbocycles. The number of carbonyl (C=O) groups is 2. The second kappa shape index (κ2) is 8.70. The molecular formula is C20H24N2O5. The highest BCUT2D eigenvalue weighted by Crippen LogP contribution is 2.31. The van der Waals surface area contributed by atoms with Crippen molar-refractivity contribution in [3.8, 4) is 0 Å². The molecule has 0 saturated heterocycles. The number of hydrogen-bond acceptors (Lipinski definition) is 6. The maximum absolute atomic E-state index is 12.5. The molecule has 0 bridgehead atoms. The first-order chi connectivity index (χ1) is 13.1. The first-order valence-corrected chi connectivity index (χ1v) is 9.36. The van der Waals surface area contributed by atoms with E-state index in [1.54, 1.807) is 19.1 Å². The summed E-state index contributed by atoms with van der Waals surface area (Å²) in [6.45, 7) is 1.86. The molecule has 0 aliphatic heterocycles. The van der Waals surface area contributed by atoms with Crippen LogP contribution in [0.15, 0.2) is 33.5 Å². The third-order valence-electron chi connectivity index (χ3n) is 4.64. The molecule has 27 heavy (non-hydrogen) atoms. The average Bonchev–Trinajstić information content (AvgIpc) is 2.65. The molecule has 3 rings (SSSR count). The fraction of sp³-hybridized carbons (Fsp3) is 0.450. The van der Waals surface area contributed by atoms with Crippen molar-refractivity contribution in [2.24, 2.45) is 0 Å². The Morgan fingerprint density at radius 1 is 1.15 bits per heavy atom. The minimum atomic E-state index is -0.649. The third kappa shape index (κ3) is 4.67. The number of amides is 1. The summed E-state index contributed by atoms with van der Waals surface area (Å²) in [5.41, 5.74) is 0.382. The van der Waals surface area contributed by atoms with Gasteiger partial charge in [0.2, 0.25) is 5.91 Å². The lowest BCUT2D eigenvalue weighted by atomic mass is 9.95. The normalized spacial score (nSPS) is 14.7. The number of ether oxygens (including phenoxy) is 1. The smallest absolute Gasteiger partial charge is 0.362 e. The number of hydrogen-bond donors (Lipinski definition) is 2. The van der Waals surface area contributed by atoms with E-state index in [9.17, 15) is 14.4 Å². The number of anilines is 2. The van der Waals surface area contributed by atoms with E-state index in [1.807, 2.05) is 12.1 Å². The van der Waals surface area contributed by atoms with Gasteiger partial charge in [-0.1, -0.05) is 31.4 Å². The molecule has 2 aromatic rings. The zero-order valence-electron chi connectivity index (χ0n) is 15.4. The van der Waals surface area contributed by atoms with Crippen molar-refractivity contribution >= 4 is 34.2 Å². The van der Waals surface area contributed by atoms with Crippen LogP contribution < -0.4 is 16.3 Å². The van der Waals surface area contributed by atoms with Gasteiger partial charge < -0.3 is 19.8 Å². The van der Waals surface area contributed by atoms with Crippen LogP contribution in [0.25, 0.3) is 11.0 Å². The molecule has 7 heteroatoms. The molecule has 1 heterocycles. The molecule has 0 atom stereocenters. The zero-order chi connectivity index (χ0) is 19.2. The van der Waals surface area contributed by atoms with E-state index < -0.39 is 23.9 Å². The summed E-state index contributed by atoms with van der Waals surface area (Å²) < 4.78 is 10.1. The largest absolute Gasteiger partial charge is 0.466 e. The summed E-state index contributed by atoms with van der Waals surface area (Å²) in [7, 11) is 0. The van der Waals surface area contributed by atoms with Crippen LogP contribution in [-0.4, -0.2) is 24.5 Å². The molecule has 0 radical (unpaired) electrons. The van der Waals surface area contributed by atoms with Crippen molar-refractivity contribution in [3.05, 3.63) is 34.7 Å². The fourth-order valence-electron chi connectivity index (χ4n) is 3.39. The predicted octanol–water partition coefficient (Wildman–Crippen LogP) is 3.43. The van der Waals surface area contributed by atoms with Crippen LogP contribution in [0.1, 0.15) is 45.4 Å². The summed E-state index contributed by atoms with van der Waals surface area (Å²) in [4.78, 5) is 36.3. The molecule has 1 amide bonds. The van der Waals surface area contributed by atoms with Crippen molar-refractivity contribution in [3.63, 3.8) is 0 Å². The molecule has 0 unspecified atom stereocenters. The van der Waals surface area contributed by atoms with E-state index >= 15 is 0 Å². The van der Waals surface area contributed by atoms with Crippen molar-refractivity contribution in [2.75, 3.05) is 17.2 Å². The average molecular weight is 372 g/mol. The van der Waals surface area contributed by atoms with Crippen molar-refractivity contribution in [1.82, 2.24) is 0 Å². The van der Waals surface area contributed by atoms with E-state index in [4.69, 9.17) is 9.15 Å². The van der Waals surface area contributed by atoms with Crippen LogP contribution in [0.2, 0.25) is 0 Å². The molecule has 1 aromatic heterocycles. The molecule has 144 valence electrons. The number of fused-ring (bicyclic) bond motifs is 1. The summed E-state index contributed by atoms with van der Waals surface area (Å²) in [6.07, 6.45) is 5.01. The Kier molecular flexibility index (Phi) is 6.11. The van der Waals surface area contributed by atoms with E-state index in [-0.39, 0.29) is 18.3 Å². The second-order valence-electron chi connectivity index (χ2n) is 6.64. The highest BCUT2D eigenvalue weighted by Gasteiger charge is 2.22. The predicted molar refractivity (Wildman–Crippen MR) is 103 cm³/mol. The van der Waals surface area contributed by atoms with Gasteiger partial charge >= 0.3 is 11.6 Å². The summed E-state index contributed by atoms with van der Waals surface area (Å²) in [5.74, 6) is -1.25. The highest BCUT2D eigenvalue weighted by molar-refractivity contribution is 6.06. The highest BCUT2D eigenvalue weighted by atomic mass is 16.5. The van der Waals surface area contributed by atoms with Gasteiger partial charge in [0.15, 0.2) is 5.69 Å². The van der Waals surface area contributed by atoms with Crippen LogP contribution in [-0.2, 0) is 14.3 Å². The standard InChI is InChI=1S/C20H24N2O5/c1-2-26-17(24)12-16(23)22-19-18(21-13-8-4-3-5-9-13)14-10-6-7-11-15(14)27-20(19)25/h6-7,10-11,13,21H,2-5,8-9,12H2,1H3,(H,22,23). The lowest BCUT2D eigenvalue weighted by Gasteiger charge is -2.25. The van der Waals surface area contributed by atoms with Gasteiger partial charge in [-0.25, -0.2) is 4.79 Å². The second-order valence-corrected chi connectivity index (χ2v) is 6.64. The van der Waals surface area contributed by atoms with Crippen molar-refractivity contribution < 1.29 is 18.7 Å². The van der Waals surface area contributed by atoms with Gasteiger partial charge in [0, 0.05) is 11.4 Å². The Hall–Kier alpha value is -2.83. The molecule has 7 nitrogen and oxygen atoms in total. The SMILES string of the molecule is CCOC(=O)CC(=O)Nc1c(NC2CCCCC2)c2ccccc2oc1=O. The van der Waals surface area contributed by atoms with Gasteiger partial charge in [-0.05, 0) is 31.9 Å². The Labute approximate surface area is 157 Å². The lowest BCUT2D eigenvalue weighted by molar-refractivity contribution is -0.145. The molecular weight excluding hydrogens is 348 g/mol. The minimum Gasteiger partial charge on any atom is -0.466 e. The van der Waals surface area contributed by atoms with Gasteiger partial charge in [0.1, 0.15) is 12.0 Å². The third-order valence-corrected chi connectivity index (χ3v) is 4.64. The molecule has 1 aliphatic carbocycles. The Morgan fingerprint density at radius 3 is 2.63 bits per heavy atom. The van der Waals surface area contributed by atoms with E-state index in [2.05, 4.69) is 10.6 Å². The Bertz CT molecular complexity index is 884. The number of benzene rings is 1. The fourth-order valence-corrected chi connectivity index (χ4v) is 3.39. The molecule has 1 aliphatic rings. The molecule has 1 fully saturated rings. The monoisotopic (exact) mass is 372 g/mol. The minimum absolute atomic E-state index is 0.0357. The summed E-state index contributed by atoms with van der Waals surface area (Å²) in [6, 6.07) is 7.41. The molecule has 1 aromatic carbocycles. The topological polar surface area (TPSA) is 97.6 Å².